The van der Waals surface area contributed by atoms with Crippen molar-refractivity contribution in [2.24, 2.45) is 0 Å². The molecule has 1 atom stereocenters. The van der Waals surface area contributed by atoms with Gasteiger partial charge in [-0.1, -0.05) is 12.1 Å². The van der Waals surface area contributed by atoms with E-state index >= 15 is 0 Å². The maximum atomic E-state index is 5.28. The molecule has 1 fully saturated rings. The van der Waals surface area contributed by atoms with Crippen LogP contribution in [0.1, 0.15) is 30.0 Å². The van der Waals surface area contributed by atoms with E-state index in [2.05, 4.69) is 46.5 Å². The summed E-state index contributed by atoms with van der Waals surface area (Å²) in [5.41, 5.74) is 2.51. The highest BCUT2D eigenvalue weighted by Crippen LogP contribution is 2.25. The minimum Gasteiger partial charge on any atom is -0.497 e. The van der Waals surface area contributed by atoms with Gasteiger partial charge in [-0.25, -0.2) is 0 Å². The van der Waals surface area contributed by atoms with Gasteiger partial charge >= 0.3 is 0 Å². The van der Waals surface area contributed by atoms with Crippen molar-refractivity contribution in [1.29, 1.82) is 0 Å². The maximum Gasteiger partial charge on any atom is 0.118 e. The molecule has 2 heterocycles. The normalized spacial score (nSPS) is 17.8. The number of aromatic nitrogens is 1. The van der Waals surface area contributed by atoms with Crippen LogP contribution in [0.25, 0.3) is 0 Å². The highest BCUT2D eigenvalue weighted by atomic mass is 16.5. The predicted molar refractivity (Wildman–Crippen MR) is 92.7 cm³/mol. The van der Waals surface area contributed by atoms with E-state index in [1.807, 2.05) is 24.5 Å². The third-order valence-corrected chi connectivity index (χ3v) is 4.61. The van der Waals surface area contributed by atoms with E-state index in [0.29, 0.717) is 6.04 Å². The minimum atomic E-state index is 0.192. The largest absolute Gasteiger partial charge is 0.497 e. The first-order chi connectivity index (χ1) is 11.3. The van der Waals surface area contributed by atoms with Gasteiger partial charge in [-0.15, -0.1) is 0 Å². The summed E-state index contributed by atoms with van der Waals surface area (Å²) >= 11 is 0. The Morgan fingerprint density at radius 1 is 1.04 bits per heavy atom. The first kappa shape index (κ1) is 16.0. The molecule has 1 aromatic carbocycles. The molecule has 0 amide bonds. The Morgan fingerprint density at radius 2 is 1.65 bits per heavy atom. The first-order valence-corrected chi connectivity index (χ1v) is 8.25. The van der Waals surface area contributed by atoms with Crippen molar-refractivity contribution >= 4 is 0 Å². The van der Waals surface area contributed by atoms with Gasteiger partial charge in [0, 0.05) is 18.4 Å². The van der Waals surface area contributed by atoms with E-state index in [1.54, 1.807) is 7.11 Å². The number of methoxy groups -OCH3 is 1. The summed E-state index contributed by atoms with van der Waals surface area (Å²) in [6, 6.07) is 13.3. The summed E-state index contributed by atoms with van der Waals surface area (Å²) in [5.74, 6) is 0.890. The topological polar surface area (TPSA) is 37.4 Å². The van der Waals surface area contributed by atoms with Gasteiger partial charge < -0.3 is 15.0 Å². The molecule has 1 aromatic heterocycles. The van der Waals surface area contributed by atoms with Crippen LogP contribution in [0.15, 0.2) is 48.8 Å². The smallest absolute Gasteiger partial charge is 0.118 e. The van der Waals surface area contributed by atoms with Gasteiger partial charge in [0.25, 0.3) is 0 Å². The Kier molecular flexibility index (Phi) is 5.26. The second-order valence-corrected chi connectivity index (χ2v) is 6.23. The number of nitrogens with zero attached hydrogens (tertiary/aromatic N) is 2. The van der Waals surface area contributed by atoms with Crippen molar-refractivity contribution < 1.29 is 4.74 Å². The Hall–Kier alpha value is -1.91. The van der Waals surface area contributed by atoms with Crippen LogP contribution in [0, 0.1) is 0 Å². The molecule has 0 unspecified atom stereocenters. The molecule has 1 saturated heterocycles. The highest BCUT2D eigenvalue weighted by molar-refractivity contribution is 5.35. The van der Waals surface area contributed by atoms with Crippen molar-refractivity contribution in [3.05, 3.63) is 59.9 Å². The Labute approximate surface area is 138 Å². The van der Waals surface area contributed by atoms with E-state index in [-0.39, 0.29) is 6.04 Å². The molecule has 0 bridgehead atoms. The molecule has 4 nitrogen and oxygen atoms in total. The van der Waals surface area contributed by atoms with E-state index < -0.39 is 0 Å². The Balaban J connectivity index is 1.81. The molecule has 1 aliphatic rings. The van der Waals surface area contributed by atoms with Crippen LogP contribution >= 0.6 is 0 Å². The first-order valence-electron chi connectivity index (χ1n) is 8.25. The van der Waals surface area contributed by atoms with Gasteiger partial charge in [0.2, 0.25) is 0 Å². The number of rotatable bonds is 5. The number of piperidine rings is 1. The Morgan fingerprint density at radius 3 is 2.26 bits per heavy atom. The van der Waals surface area contributed by atoms with Crippen LogP contribution < -0.4 is 10.1 Å². The zero-order valence-electron chi connectivity index (χ0n) is 13.9. The number of hydrogen-bond donors (Lipinski definition) is 1. The summed E-state index contributed by atoms with van der Waals surface area (Å²) in [6.45, 7) is 2.31. The lowest BCUT2D eigenvalue weighted by Crippen LogP contribution is -2.42. The molecular formula is C19H25N3O. The number of likely N-dealkylation sites (tertiary alicyclic amines) is 1. The molecule has 0 aliphatic carbocycles. The van der Waals surface area contributed by atoms with Crippen LogP contribution in [0.4, 0.5) is 0 Å². The molecule has 2 aromatic rings. The van der Waals surface area contributed by atoms with Crippen molar-refractivity contribution in [1.82, 2.24) is 15.2 Å². The van der Waals surface area contributed by atoms with E-state index in [0.717, 1.165) is 18.8 Å². The number of nitrogens with one attached hydrogen (secondary N) is 1. The van der Waals surface area contributed by atoms with Gasteiger partial charge in [0.15, 0.2) is 0 Å². The molecule has 0 spiro atoms. The standard InChI is InChI=1S/C19H25N3O/c1-22-13-9-17(10-14-22)21-19(16-7-11-20-12-8-16)15-3-5-18(23-2)6-4-15/h3-8,11-12,17,19,21H,9-10,13-14H2,1-2H3/t19-/m1/s1. The summed E-state index contributed by atoms with van der Waals surface area (Å²) in [4.78, 5) is 6.55. The average Bonchev–Trinajstić information content (AvgIpc) is 2.62. The lowest BCUT2D eigenvalue weighted by Gasteiger charge is -2.33. The number of benzene rings is 1. The lowest BCUT2D eigenvalue weighted by atomic mass is 9.96. The van der Waals surface area contributed by atoms with Crippen LogP contribution in [0.3, 0.4) is 0 Å². The van der Waals surface area contributed by atoms with Crippen molar-refractivity contribution in [3.63, 3.8) is 0 Å². The lowest BCUT2D eigenvalue weighted by molar-refractivity contribution is 0.229. The van der Waals surface area contributed by atoms with Crippen LogP contribution in [0.5, 0.6) is 5.75 Å². The number of ether oxygens (including phenoxy) is 1. The van der Waals surface area contributed by atoms with Crippen molar-refractivity contribution in [2.45, 2.75) is 24.9 Å². The van der Waals surface area contributed by atoms with Crippen LogP contribution in [-0.4, -0.2) is 43.2 Å². The van der Waals surface area contributed by atoms with Crippen LogP contribution in [0.2, 0.25) is 0 Å². The molecule has 3 rings (SSSR count). The summed E-state index contributed by atoms with van der Waals surface area (Å²) in [5, 5.41) is 3.85. The van der Waals surface area contributed by atoms with E-state index in [4.69, 9.17) is 4.74 Å². The molecule has 0 radical (unpaired) electrons. The quantitative estimate of drug-likeness (QED) is 0.921. The summed E-state index contributed by atoms with van der Waals surface area (Å²) in [7, 11) is 3.90. The molecule has 122 valence electrons. The van der Waals surface area contributed by atoms with Crippen molar-refractivity contribution in [2.75, 3.05) is 27.2 Å². The predicted octanol–water partition coefficient (Wildman–Crippen LogP) is 2.86. The molecular weight excluding hydrogens is 286 g/mol. The van der Waals surface area contributed by atoms with Gasteiger partial charge in [-0.05, 0) is 68.4 Å². The number of pyridine rings is 1. The zero-order chi connectivity index (χ0) is 16.1. The number of hydrogen-bond acceptors (Lipinski definition) is 4. The molecule has 1 aliphatic heterocycles. The second-order valence-electron chi connectivity index (χ2n) is 6.23. The highest BCUT2D eigenvalue weighted by Gasteiger charge is 2.22. The third-order valence-electron chi connectivity index (χ3n) is 4.61. The second kappa shape index (κ2) is 7.57. The molecule has 4 heteroatoms. The minimum absolute atomic E-state index is 0.192. The van der Waals surface area contributed by atoms with Gasteiger partial charge in [0.05, 0.1) is 13.2 Å². The monoisotopic (exact) mass is 311 g/mol. The fourth-order valence-electron chi connectivity index (χ4n) is 3.15. The molecule has 1 N–H and O–H groups in total. The van der Waals surface area contributed by atoms with E-state index in [1.165, 1.54) is 24.0 Å². The molecule has 23 heavy (non-hydrogen) atoms. The summed E-state index contributed by atoms with van der Waals surface area (Å²) < 4.78 is 5.28. The van der Waals surface area contributed by atoms with Gasteiger partial charge in [-0.3, -0.25) is 4.98 Å². The summed E-state index contributed by atoms with van der Waals surface area (Å²) in [6.07, 6.45) is 6.10. The zero-order valence-corrected chi connectivity index (χ0v) is 13.9. The Bertz CT molecular complexity index is 592. The fourth-order valence-corrected chi connectivity index (χ4v) is 3.15. The van der Waals surface area contributed by atoms with Crippen molar-refractivity contribution in [3.8, 4) is 5.75 Å². The van der Waals surface area contributed by atoms with Crippen LogP contribution in [-0.2, 0) is 0 Å². The van der Waals surface area contributed by atoms with E-state index in [9.17, 15) is 0 Å². The average molecular weight is 311 g/mol. The maximum absolute atomic E-state index is 5.28. The van der Waals surface area contributed by atoms with Gasteiger partial charge in [0.1, 0.15) is 5.75 Å². The molecule has 0 saturated carbocycles. The fraction of sp³-hybridized carbons (Fsp3) is 0.421. The van der Waals surface area contributed by atoms with Gasteiger partial charge in [-0.2, -0.15) is 0 Å². The third kappa shape index (κ3) is 4.09. The SMILES string of the molecule is COc1ccc([C@@H](NC2CCN(C)CC2)c2ccncc2)cc1.